The summed E-state index contributed by atoms with van der Waals surface area (Å²) in [6, 6.07) is 6.75. The number of carboxylic acid groups (broad SMARTS) is 1. The highest BCUT2D eigenvalue weighted by atomic mass is 32.1. The first-order valence-corrected chi connectivity index (χ1v) is 7.24. The van der Waals surface area contributed by atoms with E-state index in [0.717, 1.165) is 22.7 Å². The number of amides is 1. The van der Waals surface area contributed by atoms with Crippen LogP contribution in [0.25, 0.3) is 0 Å². The van der Waals surface area contributed by atoms with E-state index in [4.69, 9.17) is 0 Å². The zero-order valence-electron chi connectivity index (χ0n) is 11.3. The largest absolute Gasteiger partial charge is 0.480 e. The van der Waals surface area contributed by atoms with Gasteiger partial charge in [0.05, 0.1) is 5.69 Å². The molecule has 3 rings (SSSR count). The average molecular weight is 303 g/mol. The first-order valence-electron chi connectivity index (χ1n) is 6.47. The number of aromatic nitrogens is 2. The van der Waals surface area contributed by atoms with Gasteiger partial charge in [-0.25, -0.2) is 4.79 Å². The highest BCUT2D eigenvalue weighted by molar-refractivity contribution is 7.07. The normalized spacial score (nSPS) is 17.4. The monoisotopic (exact) mass is 303 g/mol. The molecular formula is C14H13N3O3S. The first-order chi connectivity index (χ1) is 10.1. The Balaban J connectivity index is 1.98. The van der Waals surface area contributed by atoms with Crippen molar-refractivity contribution in [3.63, 3.8) is 0 Å². The van der Waals surface area contributed by atoms with E-state index < -0.39 is 12.0 Å². The molecule has 0 bridgehead atoms. The number of hydrogen-bond acceptors (Lipinski definition) is 5. The smallest absolute Gasteiger partial charge is 0.326 e. The van der Waals surface area contributed by atoms with E-state index in [1.165, 1.54) is 4.90 Å². The molecule has 6 nitrogen and oxygen atoms in total. The number of aliphatic carboxylic acids is 1. The Morgan fingerprint density at radius 1 is 1.33 bits per heavy atom. The molecule has 1 unspecified atom stereocenters. The van der Waals surface area contributed by atoms with Gasteiger partial charge >= 0.3 is 5.97 Å². The zero-order valence-corrected chi connectivity index (χ0v) is 12.1. The molecule has 1 aliphatic heterocycles. The third-order valence-corrected chi connectivity index (χ3v) is 4.46. The number of rotatable bonds is 2. The fourth-order valence-corrected chi connectivity index (χ4v) is 3.13. The van der Waals surface area contributed by atoms with Gasteiger partial charge in [0.25, 0.3) is 5.91 Å². The number of carbonyl (C=O) groups is 2. The molecule has 0 spiro atoms. The van der Waals surface area contributed by atoms with Crippen molar-refractivity contribution in [2.75, 3.05) is 0 Å². The van der Waals surface area contributed by atoms with Crippen molar-refractivity contribution in [2.24, 2.45) is 0 Å². The summed E-state index contributed by atoms with van der Waals surface area (Å²) < 4.78 is 3.75. The molecule has 0 radical (unpaired) electrons. The number of benzene rings is 1. The zero-order chi connectivity index (χ0) is 15.0. The molecule has 0 saturated carbocycles. The molecule has 0 fully saturated rings. The summed E-state index contributed by atoms with van der Waals surface area (Å²) >= 11 is 1.00. The number of carbonyl (C=O) groups excluding carboxylic acids is 1. The Kier molecular flexibility index (Phi) is 3.42. The molecule has 0 saturated heterocycles. The Bertz CT molecular complexity index is 713. The van der Waals surface area contributed by atoms with Crippen LogP contribution < -0.4 is 0 Å². The average Bonchev–Trinajstić information content (AvgIpc) is 2.91. The molecule has 1 atom stereocenters. The number of nitrogens with zero attached hydrogens (tertiary/aromatic N) is 3. The van der Waals surface area contributed by atoms with Crippen LogP contribution in [0.1, 0.15) is 26.5 Å². The summed E-state index contributed by atoms with van der Waals surface area (Å²) in [7, 11) is 0. The Morgan fingerprint density at radius 2 is 2.05 bits per heavy atom. The second-order valence-corrected chi connectivity index (χ2v) is 5.70. The van der Waals surface area contributed by atoms with Crippen LogP contribution in [0.3, 0.4) is 0 Å². The van der Waals surface area contributed by atoms with Gasteiger partial charge in [-0.3, -0.25) is 4.79 Å². The maximum atomic E-state index is 12.6. The van der Waals surface area contributed by atoms with Crippen molar-refractivity contribution in [1.29, 1.82) is 0 Å². The molecule has 1 aromatic carbocycles. The Labute approximate surface area is 125 Å². The summed E-state index contributed by atoms with van der Waals surface area (Å²) in [5.41, 5.74) is 2.50. The van der Waals surface area contributed by atoms with Crippen LogP contribution in [-0.2, 0) is 17.8 Å². The summed E-state index contributed by atoms with van der Waals surface area (Å²) in [5.74, 6) is -1.31. The number of carboxylic acids is 1. The van der Waals surface area contributed by atoms with E-state index in [1.54, 1.807) is 6.92 Å². The molecule has 1 N–H and O–H groups in total. The molecule has 2 aromatic rings. The quantitative estimate of drug-likeness (QED) is 0.909. The lowest BCUT2D eigenvalue weighted by Gasteiger charge is -2.34. The minimum Gasteiger partial charge on any atom is -0.480 e. The second-order valence-electron chi connectivity index (χ2n) is 4.95. The van der Waals surface area contributed by atoms with E-state index >= 15 is 0 Å². The highest BCUT2D eigenvalue weighted by Gasteiger charge is 2.36. The van der Waals surface area contributed by atoms with Crippen molar-refractivity contribution >= 4 is 23.4 Å². The van der Waals surface area contributed by atoms with Crippen LogP contribution in [0.4, 0.5) is 0 Å². The van der Waals surface area contributed by atoms with Gasteiger partial charge in [0.1, 0.15) is 10.9 Å². The maximum Gasteiger partial charge on any atom is 0.326 e. The highest BCUT2D eigenvalue weighted by Crippen LogP contribution is 2.26. The van der Waals surface area contributed by atoms with E-state index in [-0.39, 0.29) is 5.91 Å². The van der Waals surface area contributed by atoms with Crippen molar-refractivity contribution in [1.82, 2.24) is 14.5 Å². The number of fused-ring (bicyclic) bond motifs is 1. The van der Waals surface area contributed by atoms with Gasteiger partial charge in [0, 0.05) is 13.0 Å². The van der Waals surface area contributed by atoms with Gasteiger partial charge < -0.3 is 10.0 Å². The third kappa shape index (κ3) is 2.40. The molecule has 108 valence electrons. The van der Waals surface area contributed by atoms with Gasteiger partial charge in [-0.05, 0) is 29.6 Å². The van der Waals surface area contributed by atoms with Crippen molar-refractivity contribution < 1.29 is 14.7 Å². The minimum absolute atomic E-state index is 0.295. The molecular weight excluding hydrogens is 290 g/mol. The van der Waals surface area contributed by atoms with Gasteiger partial charge in [-0.15, -0.1) is 5.10 Å². The molecule has 1 aromatic heterocycles. The summed E-state index contributed by atoms with van der Waals surface area (Å²) in [4.78, 5) is 25.9. The van der Waals surface area contributed by atoms with Gasteiger partial charge in [0.2, 0.25) is 0 Å². The van der Waals surface area contributed by atoms with Crippen LogP contribution in [0.5, 0.6) is 0 Å². The summed E-state index contributed by atoms with van der Waals surface area (Å²) in [5, 5.41) is 13.2. The molecule has 2 heterocycles. The number of hydrogen-bond donors (Lipinski definition) is 1. The fourth-order valence-electron chi connectivity index (χ4n) is 2.52. The number of aryl methyl sites for hydroxylation is 1. The lowest BCUT2D eigenvalue weighted by atomic mass is 9.94. The van der Waals surface area contributed by atoms with Crippen molar-refractivity contribution in [3.05, 3.63) is 46.0 Å². The Hall–Kier alpha value is -2.28. The third-order valence-electron chi connectivity index (χ3n) is 3.64. The molecule has 1 amide bonds. The molecule has 0 aliphatic carbocycles. The topological polar surface area (TPSA) is 83.4 Å². The van der Waals surface area contributed by atoms with E-state index in [2.05, 4.69) is 9.59 Å². The second kappa shape index (κ2) is 5.25. The summed E-state index contributed by atoms with van der Waals surface area (Å²) in [6.45, 7) is 1.99. The van der Waals surface area contributed by atoms with Gasteiger partial charge in [-0.2, -0.15) is 0 Å². The summed E-state index contributed by atoms with van der Waals surface area (Å²) in [6.07, 6.45) is 0.322. The van der Waals surface area contributed by atoms with E-state index in [0.29, 0.717) is 23.5 Å². The van der Waals surface area contributed by atoms with Crippen LogP contribution in [0.2, 0.25) is 0 Å². The van der Waals surface area contributed by atoms with Crippen LogP contribution in [-0.4, -0.2) is 37.5 Å². The SMILES string of the molecule is Cc1nnsc1C(=O)N1Cc2ccccc2CC1C(=O)O. The van der Waals surface area contributed by atoms with E-state index in [1.807, 2.05) is 24.3 Å². The van der Waals surface area contributed by atoms with Crippen LogP contribution in [0.15, 0.2) is 24.3 Å². The van der Waals surface area contributed by atoms with Gasteiger partial charge in [-0.1, -0.05) is 28.8 Å². The fraction of sp³-hybridized carbons (Fsp3) is 0.286. The van der Waals surface area contributed by atoms with Crippen molar-refractivity contribution in [3.8, 4) is 0 Å². The predicted octanol–water partition coefficient (Wildman–Crippen LogP) is 1.50. The minimum atomic E-state index is -0.993. The predicted molar refractivity (Wildman–Crippen MR) is 76.1 cm³/mol. The maximum absolute atomic E-state index is 12.6. The standard InChI is InChI=1S/C14H13N3O3S/c1-8-12(21-16-15-8)13(18)17-7-10-5-3-2-4-9(10)6-11(17)14(19)20/h2-5,11H,6-7H2,1H3,(H,19,20). The van der Waals surface area contributed by atoms with E-state index in [9.17, 15) is 14.7 Å². The molecule has 1 aliphatic rings. The lowest BCUT2D eigenvalue weighted by Crippen LogP contribution is -2.48. The van der Waals surface area contributed by atoms with Crippen molar-refractivity contribution in [2.45, 2.75) is 25.9 Å². The lowest BCUT2D eigenvalue weighted by molar-refractivity contribution is -0.142. The molecule has 7 heteroatoms. The molecule has 21 heavy (non-hydrogen) atoms. The first kappa shape index (κ1) is 13.7. The Morgan fingerprint density at radius 3 is 2.67 bits per heavy atom. The van der Waals surface area contributed by atoms with Crippen LogP contribution in [0, 0.1) is 6.92 Å². The van der Waals surface area contributed by atoms with Gasteiger partial charge in [0.15, 0.2) is 0 Å². The van der Waals surface area contributed by atoms with Crippen LogP contribution >= 0.6 is 11.5 Å².